The van der Waals surface area contributed by atoms with Gasteiger partial charge in [0.2, 0.25) is 11.8 Å². The van der Waals surface area contributed by atoms with Crippen LogP contribution in [0.5, 0.6) is 0 Å². The molecule has 0 saturated heterocycles. The lowest BCUT2D eigenvalue weighted by Crippen LogP contribution is -2.38. The average molecular weight is 373 g/mol. The third-order valence-corrected chi connectivity index (χ3v) is 4.61. The summed E-state index contributed by atoms with van der Waals surface area (Å²) in [5, 5.41) is 3.50. The number of nitrogens with zero attached hydrogens (tertiary/aromatic N) is 1. The maximum absolute atomic E-state index is 12.6. The van der Waals surface area contributed by atoms with Crippen LogP contribution in [0, 0.1) is 6.92 Å². The van der Waals surface area contributed by atoms with E-state index in [0.29, 0.717) is 10.7 Å². The van der Waals surface area contributed by atoms with E-state index in [1.165, 1.54) is 6.92 Å². The van der Waals surface area contributed by atoms with E-state index in [4.69, 9.17) is 11.6 Å². The Balaban J connectivity index is 2.29. The van der Waals surface area contributed by atoms with Crippen molar-refractivity contribution < 1.29 is 9.59 Å². The minimum Gasteiger partial charge on any atom is -0.324 e. The Morgan fingerprint density at radius 3 is 2.19 bits per heavy atom. The summed E-state index contributed by atoms with van der Waals surface area (Å²) in [6.07, 6.45) is 1.59. The second kappa shape index (κ2) is 8.86. The summed E-state index contributed by atoms with van der Waals surface area (Å²) in [7, 11) is 0. The van der Waals surface area contributed by atoms with Crippen LogP contribution in [0.3, 0.4) is 0 Å². The topological polar surface area (TPSA) is 49.4 Å². The van der Waals surface area contributed by atoms with Crippen LogP contribution in [0.1, 0.15) is 37.5 Å². The number of para-hydroxylation sites is 1. The van der Waals surface area contributed by atoms with Gasteiger partial charge in [-0.3, -0.25) is 9.59 Å². The molecule has 5 heteroatoms. The lowest BCUT2D eigenvalue weighted by atomic mass is 10.0. The molecule has 0 radical (unpaired) electrons. The van der Waals surface area contributed by atoms with E-state index in [1.54, 1.807) is 23.1 Å². The molecule has 2 rings (SSSR count). The lowest BCUT2D eigenvalue weighted by molar-refractivity contribution is -0.120. The Kier molecular flexibility index (Phi) is 6.81. The van der Waals surface area contributed by atoms with Gasteiger partial charge in [-0.1, -0.05) is 43.6 Å². The first-order chi connectivity index (χ1) is 12.4. The number of hydrogen-bond donors (Lipinski definition) is 1. The molecule has 0 atom stereocenters. The number of aryl methyl sites for hydroxylation is 3. The Morgan fingerprint density at radius 2 is 1.69 bits per heavy atom. The van der Waals surface area contributed by atoms with Crippen molar-refractivity contribution in [3.63, 3.8) is 0 Å². The van der Waals surface area contributed by atoms with Crippen molar-refractivity contribution in [1.82, 2.24) is 0 Å². The van der Waals surface area contributed by atoms with Gasteiger partial charge < -0.3 is 10.2 Å². The number of carbonyl (C=O) groups excluding carboxylic acids is 2. The molecule has 0 aliphatic carbocycles. The average Bonchev–Trinajstić information content (AvgIpc) is 2.61. The van der Waals surface area contributed by atoms with Gasteiger partial charge in [0.1, 0.15) is 6.54 Å². The third-order valence-electron chi connectivity index (χ3n) is 4.38. The summed E-state index contributed by atoms with van der Waals surface area (Å²) in [6.45, 7) is 7.45. The minimum atomic E-state index is -0.237. The molecular formula is C21H25ClN2O2. The number of hydrogen-bond acceptors (Lipinski definition) is 2. The minimum absolute atomic E-state index is 0.0264. The number of benzene rings is 2. The fourth-order valence-corrected chi connectivity index (χ4v) is 3.24. The third kappa shape index (κ3) is 4.64. The van der Waals surface area contributed by atoms with Crippen molar-refractivity contribution in [2.24, 2.45) is 0 Å². The van der Waals surface area contributed by atoms with Gasteiger partial charge in [0.05, 0.1) is 5.69 Å². The molecular weight excluding hydrogens is 348 g/mol. The smallest absolute Gasteiger partial charge is 0.244 e. The Labute approximate surface area is 160 Å². The number of nitrogens with one attached hydrogen (secondary N) is 1. The molecule has 138 valence electrons. The summed E-state index contributed by atoms with van der Waals surface area (Å²) < 4.78 is 0. The van der Waals surface area contributed by atoms with Crippen molar-refractivity contribution >= 4 is 34.8 Å². The highest BCUT2D eigenvalue weighted by Gasteiger charge is 2.21. The molecule has 2 aromatic rings. The maximum Gasteiger partial charge on any atom is 0.244 e. The van der Waals surface area contributed by atoms with Gasteiger partial charge in [-0.15, -0.1) is 0 Å². The van der Waals surface area contributed by atoms with Crippen molar-refractivity contribution in [2.45, 2.75) is 40.5 Å². The first kappa shape index (κ1) is 20.0. The highest BCUT2D eigenvalue weighted by atomic mass is 35.5. The highest BCUT2D eigenvalue weighted by molar-refractivity contribution is 6.30. The Morgan fingerprint density at radius 1 is 1.08 bits per heavy atom. The monoisotopic (exact) mass is 372 g/mol. The summed E-state index contributed by atoms with van der Waals surface area (Å²) in [5.74, 6) is -0.387. The van der Waals surface area contributed by atoms with Crippen molar-refractivity contribution in [2.75, 3.05) is 16.8 Å². The normalized spacial score (nSPS) is 10.5. The molecule has 0 saturated carbocycles. The number of halogens is 1. The van der Waals surface area contributed by atoms with Crippen LogP contribution in [0.2, 0.25) is 5.02 Å². The first-order valence-electron chi connectivity index (χ1n) is 8.82. The number of amides is 2. The van der Waals surface area contributed by atoms with Crippen molar-refractivity contribution in [1.29, 1.82) is 0 Å². The van der Waals surface area contributed by atoms with Gasteiger partial charge in [0.25, 0.3) is 0 Å². The predicted molar refractivity (Wildman–Crippen MR) is 108 cm³/mol. The molecule has 0 bridgehead atoms. The molecule has 26 heavy (non-hydrogen) atoms. The zero-order valence-electron chi connectivity index (χ0n) is 15.7. The van der Waals surface area contributed by atoms with E-state index in [-0.39, 0.29) is 18.4 Å². The maximum atomic E-state index is 12.6. The van der Waals surface area contributed by atoms with Crippen LogP contribution in [0.15, 0.2) is 36.4 Å². The first-order valence-corrected chi connectivity index (χ1v) is 9.20. The molecule has 0 spiro atoms. The van der Waals surface area contributed by atoms with E-state index in [0.717, 1.165) is 35.2 Å². The zero-order valence-corrected chi connectivity index (χ0v) is 16.5. The van der Waals surface area contributed by atoms with E-state index >= 15 is 0 Å². The largest absolute Gasteiger partial charge is 0.324 e. The molecule has 4 nitrogen and oxygen atoms in total. The predicted octanol–water partition coefficient (Wildman–Crippen LogP) is 4.76. The second-order valence-corrected chi connectivity index (χ2v) is 6.68. The van der Waals surface area contributed by atoms with Gasteiger partial charge in [-0.25, -0.2) is 0 Å². The molecule has 0 unspecified atom stereocenters. The Bertz CT molecular complexity index is 795. The van der Waals surface area contributed by atoms with Gasteiger partial charge >= 0.3 is 0 Å². The van der Waals surface area contributed by atoms with Crippen LogP contribution < -0.4 is 10.2 Å². The quantitative estimate of drug-likeness (QED) is 0.794. The van der Waals surface area contributed by atoms with E-state index in [2.05, 4.69) is 5.32 Å². The van der Waals surface area contributed by atoms with Crippen molar-refractivity contribution in [3.05, 3.63) is 58.1 Å². The number of carbonyl (C=O) groups is 2. The number of anilines is 2. The summed E-state index contributed by atoms with van der Waals surface area (Å²) in [4.78, 5) is 26.5. The molecule has 0 aliphatic rings. The standard InChI is InChI=1S/C21H25ClN2O2/c1-5-16-8-7-9-17(6-2)21(16)24(15(4)25)13-20(26)23-19-11-10-18(22)12-14(19)3/h7-12H,5-6,13H2,1-4H3,(H,23,26). The summed E-state index contributed by atoms with van der Waals surface area (Å²) in [5.41, 5.74) is 4.56. The van der Waals surface area contributed by atoms with Gasteiger partial charge in [-0.2, -0.15) is 0 Å². The summed E-state index contributed by atoms with van der Waals surface area (Å²) in [6, 6.07) is 11.3. The van der Waals surface area contributed by atoms with Gasteiger partial charge in [0.15, 0.2) is 0 Å². The SMILES string of the molecule is CCc1cccc(CC)c1N(CC(=O)Nc1ccc(Cl)cc1C)C(C)=O. The molecule has 1 N–H and O–H groups in total. The fraction of sp³-hybridized carbons (Fsp3) is 0.333. The van der Waals surface area contributed by atoms with Gasteiger partial charge in [0, 0.05) is 17.6 Å². The fourth-order valence-electron chi connectivity index (χ4n) is 3.01. The van der Waals surface area contributed by atoms with Crippen LogP contribution in [-0.2, 0) is 22.4 Å². The molecule has 0 aliphatic heterocycles. The second-order valence-electron chi connectivity index (χ2n) is 6.24. The highest BCUT2D eigenvalue weighted by Crippen LogP contribution is 2.27. The van der Waals surface area contributed by atoms with Crippen LogP contribution >= 0.6 is 11.6 Å². The zero-order chi connectivity index (χ0) is 19.3. The van der Waals surface area contributed by atoms with Crippen molar-refractivity contribution in [3.8, 4) is 0 Å². The van der Waals surface area contributed by atoms with Crippen LogP contribution in [0.4, 0.5) is 11.4 Å². The molecule has 2 amide bonds. The molecule has 0 aromatic heterocycles. The van der Waals surface area contributed by atoms with E-state index in [1.807, 2.05) is 39.0 Å². The number of rotatable bonds is 6. The van der Waals surface area contributed by atoms with Crippen LogP contribution in [0.25, 0.3) is 0 Å². The molecule has 0 heterocycles. The van der Waals surface area contributed by atoms with E-state index < -0.39 is 0 Å². The van der Waals surface area contributed by atoms with E-state index in [9.17, 15) is 9.59 Å². The van der Waals surface area contributed by atoms with Crippen LogP contribution in [-0.4, -0.2) is 18.4 Å². The molecule has 0 fully saturated rings. The molecule has 2 aromatic carbocycles. The summed E-state index contributed by atoms with van der Waals surface area (Å²) >= 11 is 5.96. The van der Waals surface area contributed by atoms with Gasteiger partial charge in [-0.05, 0) is 54.7 Å². The lowest BCUT2D eigenvalue weighted by Gasteiger charge is -2.26. The Hall–Kier alpha value is -2.33.